The number of benzene rings is 2. The molecule has 0 aliphatic carbocycles. The molecule has 2 N–H and O–H groups in total. The van der Waals surface area contributed by atoms with Crippen LogP contribution in [0.1, 0.15) is 30.9 Å². The molecule has 1 amide bonds. The summed E-state index contributed by atoms with van der Waals surface area (Å²) in [6.45, 7) is 3.88. The largest absolute Gasteiger partial charge is 0.342 e. The third kappa shape index (κ3) is 3.98. The van der Waals surface area contributed by atoms with Gasteiger partial charge in [0.15, 0.2) is 0 Å². The van der Waals surface area contributed by atoms with Crippen LogP contribution >= 0.6 is 0 Å². The average Bonchev–Trinajstić information content (AvgIpc) is 2.74. The number of likely N-dealkylation sites (tertiary alicyclic amines) is 1. The number of hydrogen-bond acceptors (Lipinski definition) is 3. The minimum atomic E-state index is -0.563. The fourth-order valence-electron chi connectivity index (χ4n) is 4.49. The van der Waals surface area contributed by atoms with Crippen LogP contribution in [-0.2, 0) is 16.8 Å². The second kappa shape index (κ2) is 8.46. The van der Waals surface area contributed by atoms with Crippen molar-refractivity contribution in [2.45, 2.75) is 31.7 Å². The van der Waals surface area contributed by atoms with Gasteiger partial charge in [0.1, 0.15) is 0 Å². The van der Waals surface area contributed by atoms with Gasteiger partial charge in [0.05, 0.1) is 5.41 Å². The van der Waals surface area contributed by atoms with E-state index in [2.05, 4.69) is 61.5 Å². The molecular weight excluding hydrogens is 346 g/mol. The Hall–Kier alpha value is -2.17. The van der Waals surface area contributed by atoms with Crippen LogP contribution in [0.3, 0.4) is 0 Å². The minimum absolute atomic E-state index is 0.0173. The molecule has 1 fully saturated rings. The topological polar surface area (TPSA) is 49.6 Å². The molecular formula is C24H33N3O. The van der Waals surface area contributed by atoms with Gasteiger partial charge in [-0.05, 0) is 51.4 Å². The van der Waals surface area contributed by atoms with Gasteiger partial charge in [-0.25, -0.2) is 0 Å². The first kappa shape index (κ1) is 20.6. The Morgan fingerprint density at radius 3 is 2.07 bits per heavy atom. The lowest BCUT2D eigenvalue weighted by atomic mass is 9.77. The van der Waals surface area contributed by atoms with Crippen LogP contribution in [-0.4, -0.2) is 49.4 Å². The molecule has 2 aromatic rings. The number of nitrogens with two attached hydrogens (primary N) is 1. The number of nitrogens with zero attached hydrogens (tertiary/aromatic N) is 2. The highest BCUT2D eigenvalue weighted by molar-refractivity contribution is 5.83. The lowest BCUT2D eigenvalue weighted by Gasteiger charge is -2.48. The van der Waals surface area contributed by atoms with E-state index >= 15 is 0 Å². The summed E-state index contributed by atoms with van der Waals surface area (Å²) in [5.41, 5.74) is 8.01. The summed E-state index contributed by atoms with van der Waals surface area (Å²) in [6.07, 6.45) is 2.54. The second-order valence-electron chi connectivity index (χ2n) is 8.51. The summed E-state index contributed by atoms with van der Waals surface area (Å²) >= 11 is 0. The Labute approximate surface area is 169 Å². The lowest BCUT2D eigenvalue weighted by Crippen LogP contribution is -2.55. The van der Waals surface area contributed by atoms with Gasteiger partial charge in [-0.2, -0.15) is 0 Å². The molecule has 1 aliphatic heterocycles. The molecule has 150 valence electrons. The summed E-state index contributed by atoms with van der Waals surface area (Å²) < 4.78 is 0. The molecule has 1 saturated heterocycles. The van der Waals surface area contributed by atoms with Gasteiger partial charge in [0.25, 0.3) is 0 Å². The number of rotatable bonds is 6. The molecule has 0 saturated carbocycles. The zero-order valence-corrected chi connectivity index (χ0v) is 17.4. The molecule has 0 spiro atoms. The number of carbonyl (C=O) groups is 1. The van der Waals surface area contributed by atoms with Gasteiger partial charge < -0.3 is 10.6 Å². The quantitative estimate of drug-likeness (QED) is 0.838. The summed E-state index contributed by atoms with van der Waals surface area (Å²) in [5, 5.41) is 0. The van der Waals surface area contributed by atoms with E-state index in [0.29, 0.717) is 13.0 Å². The van der Waals surface area contributed by atoms with Gasteiger partial charge >= 0.3 is 0 Å². The van der Waals surface area contributed by atoms with Crippen molar-refractivity contribution in [1.82, 2.24) is 9.80 Å². The molecule has 3 rings (SSSR count). The van der Waals surface area contributed by atoms with E-state index in [9.17, 15) is 4.79 Å². The number of piperidine rings is 1. The molecule has 1 heterocycles. The molecule has 0 bridgehead atoms. The number of hydrogen-bond donors (Lipinski definition) is 1. The number of amides is 1. The molecule has 28 heavy (non-hydrogen) atoms. The zero-order chi connectivity index (χ0) is 20.2. The van der Waals surface area contributed by atoms with Gasteiger partial charge in [-0.3, -0.25) is 9.69 Å². The first-order valence-corrected chi connectivity index (χ1v) is 10.2. The maximum absolute atomic E-state index is 13.4. The van der Waals surface area contributed by atoms with Crippen LogP contribution in [0, 0.1) is 5.41 Å². The summed E-state index contributed by atoms with van der Waals surface area (Å²) in [7, 11) is 4.29. The van der Waals surface area contributed by atoms with Gasteiger partial charge in [-0.15, -0.1) is 0 Å². The fraction of sp³-hybridized carbons (Fsp3) is 0.458. The van der Waals surface area contributed by atoms with E-state index < -0.39 is 5.41 Å². The lowest BCUT2D eigenvalue weighted by molar-refractivity contribution is -0.143. The standard InChI is InChI=1S/C24H33N3O/c1-23(19-25,18-20-10-6-4-7-11-20)22(28)27-16-14-24(15-17-27,26(2)3)21-12-8-5-9-13-21/h4-13H,14-19,25H2,1-3H3. The molecule has 4 heteroatoms. The van der Waals surface area contributed by atoms with Crippen molar-refractivity contribution in [1.29, 1.82) is 0 Å². The monoisotopic (exact) mass is 379 g/mol. The molecule has 0 aromatic heterocycles. The van der Waals surface area contributed by atoms with Crippen molar-refractivity contribution in [3.05, 3.63) is 71.8 Å². The third-order valence-corrected chi connectivity index (χ3v) is 6.45. The molecule has 0 radical (unpaired) electrons. The Morgan fingerprint density at radius 2 is 1.57 bits per heavy atom. The van der Waals surface area contributed by atoms with Crippen molar-refractivity contribution in [2.24, 2.45) is 11.1 Å². The highest BCUT2D eigenvalue weighted by atomic mass is 16.2. The van der Waals surface area contributed by atoms with Crippen molar-refractivity contribution >= 4 is 5.91 Å². The smallest absolute Gasteiger partial charge is 0.230 e. The molecule has 1 unspecified atom stereocenters. The van der Waals surface area contributed by atoms with Gasteiger partial charge in [0.2, 0.25) is 5.91 Å². The maximum Gasteiger partial charge on any atom is 0.230 e. The van der Waals surface area contributed by atoms with E-state index in [0.717, 1.165) is 31.5 Å². The minimum Gasteiger partial charge on any atom is -0.342 e. The Balaban J connectivity index is 1.74. The van der Waals surface area contributed by atoms with Crippen molar-refractivity contribution in [3.8, 4) is 0 Å². The van der Waals surface area contributed by atoms with Crippen LogP contribution in [0.4, 0.5) is 0 Å². The predicted molar refractivity (Wildman–Crippen MR) is 115 cm³/mol. The van der Waals surface area contributed by atoms with Crippen molar-refractivity contribution in [2.75, 3.05) is 33.7 Å². The summed E-state index contributed by atoms with van der Waals surface area (Å²) in [5.74, 6) is 0.180. The highest BCUT2D eigenvalue weighted by Crippen LogP contribution is 2.38. The Bertz CT molecular complexity index is 767. The molecule has 2 aromatic carbocycles. The van der Waals surface area contributed by atoms with E-state index in [1.54, 1.807) is 0 Å². The molecule has 1 aliphatic rings. The molecule has 1 atom stereocenters. The average molecular weight is 380 g/mol. The van der Waals surface area contributed by atoms with Crippen LogP contribution in [0.15, 0.2) is 60.7 Å². The second-order valence-corrected chi connectivity index (χ2v) is 8.51. The fourth-order valence-corrected chi connectivity index (χ4v) is 4.49. The first-order valence-electron chi connectivity index (χ1n) is 10.2. The normalized spacial score (nSPS) is 18.7. The third-order valence-electron chi connectivity index (χ3n) is 6.45. The van der Waals surface area contributed by atoms with Crippen LogP contribution in [0.5, 0.6) is 0 Å². The highest BCUT2D eigenvalue weighted by Gasteiger charge is 2.42. The van der Waals surface area contributed by atoms with E-state index in [4.69, 9.17) is 5.73 Å². The maximum atomic E-state index is 13.4. The van der Waals surface area contributed by atoms with E-state index in [-0.39, 0.29) is 11.4 Å². The van der Waals surface area contributed by atoms with E-state index in [1.807, 2.05) is 30.0 Å². The van der Waals surface area contributed by atoms with Gasteiger partial charge in [0, 0.05) is 25.2 Å². The van der Waals surface area contributed by atoms with Crippen molar-refractivity contribution in [3.63, 3.8) is 0 Å². The van der Waals surface area contributed by atoms with Crippen LogP contribution in [0.25, 0.3) is 0 Å². The number of carbonyl (C=O) groups excluding carboxylic acids is 1. The summed E-state index contributed by atoms with van der Waals surface area (Å²) in [4.78, 5) is 17.7. The predicted octanol–water partition coefficient (Wildman–Crippen LogP) is 3.27. The Morgan fingerprint density at radius 1 is 1.04 bits per heavy atom. The zero-order valence-electron chi connectivity index (χ0n) is 17.4. The summed E-state index contributed by atoms with van der Waals surface area (Å²) in [6, 6.07) is 20.8. The van der Waals surface area contributed by atoms with Crippen LogP contribution in [0.2, 0.25) is 0 Å². The van der Waals surface area contributed by atoms with Gasteiger partial charge in [-0.1, -0.05) is 60.7 Å². The molecule has 4 nitrogen and oxygen atoms in total. The van der Waals surface area contributed by atoms with E-state index in [1.165, 1.54) is 5.56 Å². The van der Waals surface area contributed by atoms with Crippen molar-refractivity contribution < 1.29 is 4.79 Å². The SMILES string of the molecule is CN(C)C1(c2ccccc2)CCN(C(=O)C(C)(CN)Cc2ccccc2)CC1. The first-order chi connectivity index (χ1) is 13.4. The van der Waals surface area contributed by atoms with Crippen LogP contribution < -0.4 is 5.73 Å². The Kier molecular flexibility index (Phi) is 6.21.